The van der Waals surface area contributed by atoms with Gasteiger partial charge in [0.05, 0.1) is 25.8 Å². The van der Waals surface area contributed by atoms with Gasteiger partial charge in [0.25, 0.3) is 5.91 Å². The maximum absolute atomic E-state index is 13.9. The van der Waals surface area contributed by atoms with E-state index in [0.29, 0.717) is 6.42 Å². The molecule has 4 atom stereocenters. The number of nitrogens with zero attached hydrogens (tertiary/aromatic N) is 1. The van der Waals surface area contributed by atoms with Crippen molar-refractivity contribution in [1.29, 1.82) is 0 Å². The van der Waals surface area contributed by atoms with E-state index < -0.39 is 66.3 Å². The van der Waals surface area contributed by atoms with Crippen molar-refractivity contribution in [1.82, 2.24) is 20.9 Å². The standard InChI is InChI=1S/C36H52N4O8/c1-23(2)19-28(31(42)37-29(20-24(3)4)33(44)47-8)38-34(45)40(32(43)26-17-13-10-14-18-26)22-30(41)27(21-25-15-11-9-12-16-25)39-35(46)48-36(5,6)7/h9-18,23-24,27-30,41H,19-22H2,1-8H3,(H,37,42)(H,38,45)(H,39,46)/t27-,28-,29-,30+/m0/s1. The molecule has 2 aromatic rings. The van der Waals surface area contributed by atoms with Gasteiger partial charge in [-0.2, -0.15) is 0 Å². The van der Waals surface area contributed by atoms with Crippen LogP contribution in [0.3, 0.4) is 0 Å². The molecule has 0 aliphatic carbocycles. The zero-order valence-corrected chi connectivity index (χ0v) is 29.3. The molecule has 0 unspecified atom stereocenters. The van der Waals surface area contributed by atoms with Gasteiger partial charge in [0.1, 0.15) is 17.7 Å². The molecule has 0 aromatic heterocycles. The van der Waals surface area contributed by atoms with Crippen LogP contribution in [0.25, 0.3) is 0 Å². The van der Waals surface area contributed by atoms with E-state index in [1.54, 1.807) is 39.0 Å². The van der Waals surface area contributed by atoms with Gasteiger partial charge in [0, 0.05) is 5.56 Å². The van der Waals surface area contributed by atoms with Gasteiger partial charge in [-0.3, -0.25) is 14.5 Å². The lowest BCUT2D eigenvalue weighted by Crippen LogP contribution is -2.58. The first-order valence-electron chi connectivity index (χ1n) is 16.3. The summed E-state index contributed by atoms with van der Waals surface area (Å²) < 4.78 is 10.3. The molecule has 12 heteroatoms. The van der Waals surface area contributed by atoms with Gasteiger partial charge in [0.15, 0.2) is 0 Å². The number of urea groups is 1. The Hall–Kier alpha value is -4.45. The molecular formula is C36H52N4O8. The molecule has 0 radical (unpaired) electrons. The van der Waals surface area contributed by atoms with E-state index in [0.717, 1.165) is 10.5 Å². The summed E-state index contributed by atoms with van der Waals surface area (Å²) in [7, 11) is 1.23. The Morgan fingerprint density at radius 3 is 1.85 bits per heavy atom. The van der Waals surface area contributed by atoms with Crippen LogP contribution in [0.1, 0.15) is 77.2 Å². The zero-order chi connectivity index (χ0) is 36.0. The van der Waals surface area contributed by atoms with E-state index in [1.807, 2.05) is 58.0 Å². The summed E-state index contributed by atoms with van der Waals surface area (Å²) in [5.74, 6) is -1.95. The fraction of sp³-hybridized carbons (Fsp3) is 0.528. The van der Waals surface area contributed by atoms with Crippen LogP contribution in [0.5, 0.6) is 0 Å². The molecule has 2 rings (SSSR count). The summed E-state index contributed by atoms with van der Waals surface area (Å²) in [6.07, 6.45) is -1.54. The number of hydrogen-bond acceptors (Lipinski definition) is 8. The van der Waals surface area contributed by atoms with Crippen molar-refractivity contribution in [3.8, 4) is 0 Å². The van der Waals surface area contributed by atoms with Crippen molar-refractivity contribution in [3.05, 3.63) is 71.8 Å². The van der Waals surface area contributed by atoms with Gasteiger partial charge in [0.2, 0.25) is 5.91 Å². The second kappa shape index (κ2) is 18.8. The molecule has 2 aromatic carbocycles. The number of nitrogens with one attached hydrogen (secondary N) is 3. The number of esters is 1. The van der Waals surface area contributed by atoms with E-state index in [2.05, 4.69) is 16.0 Å². The molecule has 0 heterocycles. The maximum Gasteiger partial charge on any atom is 0.407 e. The first kappa shape index (κ1) is 39.7. The summed E-state index contributed by atoms with van der Waals surface area (Å²) in [4.78, 5) is 67.3. The molecular weight excluding hydrogens is 616 g/mol. The average Bonchev–Trinajstić information content (AvgIpc) is 3.01. The van der Waals surface area contributed by atoms with E-state index in [9.17, 15) is 29.1 Å². The molecule has 0 saturated heterocycles. The average molecular weight is 669 g/mol. The number of benzene rings is 2. The minimum absolute atomic E-state index is 0.0557. The van der Waals surface area contributed by atoms with Crippen molar-refractivity contribution in [2.45, 2.75) is 97.6 Å². The van der Waals surface area contributed by atoms with E-state index >= 15 is 0 Å². The molecule has 0 fully saturated rings. The summed E-state index contributed by atoms with van der Waals surface area (Å²) >= 11 is 0. The van der Waals surface area contributed by atoms with Crippen LogP contribution in [0.4, 0.5) is 9.59 Å². The number of aliphatic hydroxyl groups is 1. The summed E-state index contributed by atoms with van der Waals surface area (Å²) in [5, 5.41) is 19.6. The van der Waals surface area contributed by atoms with Crippen molar-refractivity contribution in [2.75, 3.05) is 13.7 Å². The number of amides is 5. The fourth-order valence-electron chi connectivity index (χ4n) is 4.95. The third-order valence-corrected chi connectivity index (χ3v) is 7.18. The Labute approximate surface area is 283 Å². The Morgan fingerprint density at radius 2 is 1.33 bits per heavy atom. The van der Waals surface area contributed by atoms with Crippen LogP contribution in [0, 0.1) is 11.8 Å². The van der Waals surface area contributed by atoms with Gasteiger partial charge < -0.3 is 30.5 Å². The Bertz CT molecular complexity index is 1340. The molecule has 0 bridgehead atoms. The Kier molecular flexibility index (Phi) is 15.5. The highest BCUT2D eigenvalue weighted by atomic mass is 16.6. The van der Waals surface area contributed by atoms with Crippen LogP contribution in [0.15, 0.2) is 60.7 Å². The van der Waals surface area contributed by atoms with E-state index in [-0.39, 0.29) is 30.2 Å². The van der Waals surface area contributed by atoms with E-state index in [1.165, 1.54) is 19.2 Å². The lowest BCUT2D eigenvalue weighted by molar-refractivity contribution is -0.145. The predicted octanol–water partition coefficient (Wildman–Crippen LogP) is 4.45. The molecule has 12 nitrogen and oxygen atoms in total. The number of carbonyl (C=O) groups excluding carboxylic acids is 5. The second-order valence-electron chi connectivity index (χ2n) is 13.6. The monoisotopic (exact) mass is 668 g/mol. The minimum Gasteiger partial charge on any atom is -0.467 e. The highest BCUT2D eigenvalue weighted by Crippen LogP contribution is 2.15. The normalized spacial score (nSPS) is 13.9. The lowest BCUT2D eigenvalue weighted by Gasteiger charge is -2.31. The minimum atomic E-state index is -1.44. The van der Waals surface area contributed by atoms with Gasteiger partial charge in [-0.15, -0.1) is 0 Å². The first-order valence-corrected chi connectivity index (χ1v) is 16.3. The SMILES string of the molecule is COC(=O)[C@H](CC(C)C)NC(=O)[C@H](CC(C)C)NC(=O)N(C[C@@H](O)[C@H](Cc1ccccc1)NC(=O)OC(C)(C)C)C(=O)c1ccccc1. The number of hydrogen-bond donors (Lipinski definition) is 4. The summed E-state index contributed by atoms with van der Waals surface area (Å²) in [5.41, 5.74) is 0.153. The number of aliphatic hydroxyl groups excluding tert-OH is 1. The van der Waals surface area contributed by atoms with Gasteiger partial charge in [-0.05, 0) is 69.6 Å². The van der Waals surface area contributed by atoms with Crippen molar-refractivity contribution >= 4 is 29.9 Å². The van der Waals surface area contributed by atoms with E-state index in [4.69, 9.17) is 9.47 Å². The number of methoxy groups -OCH3 is 1. The molecule has 0 aliphatic heterocycles. The molecule has 5 amide bonds. The van der Waals surface area contributed by atoms with Crippen LogP contribution in [-0.2, 0) is 25.5 Å². The van der Waals surface area contributed by atoms with Gasteiger partial charge in [-0.25, -0.2) is 14.4 Å². The van der Waals surface area contributed by atoms with Gasteiger partial charge in [-0.1, -0.05) is 76.2 Å². The van der Waals surface area contributed by atoms with Crippen LogP contribution >= 0.6 is 0 Å². The summed E-state index contributed by atoms with van der Waals surface area (Å²) in [6.45, 7) is 12.1. The fourth-order valence-corrected chi connectivity index (χ4v) is 4.95. The highest BCUT2D eigenvalue weighted by Gasteiger charge is 2.34. The van der Waals surface area contributed by atoms with Crippen LogP contribution in [-0.4, -0.2) is 83.4 Å². The third-order valence-electron chi connectivity index (χ3n) is 7.18. The van der Waals surface area contributed by atoms with Crippen LogP contribution < -0.4 is 16.0 Å². The number of carbonyl (C=O) groups is 5. The molecule has 48 heavy (non-hydrogen) atoms. The predicted molar refractivity (Wildman–Crippen MR) is 182 cm³/mol. The largest absolute Gasteiger partial charge is 0.467 e. The molecule has 264 valence electrons. The quantitative estimate of drug-likeness (QED) is 0.202. The Morgan fingerprint density at radius 1 is 0.792 bits per heavy atom. The lowest BCUT2D eigenvalue weighted by atomic mass is 10.00. The topological polar surface area (TPSA) is 163 Å². The first-order chi connectivity index (χ1) is 22.5. The highest BCUT2D eigenvalue weighted by molar-refractivity contribution is 6.05. The van der Waals surface area contributed by atoms with Gasteiger partial charge >= 0.3 is 18.1 Å². The maximum atomic E-state index is 13.9. The third kappa shape index (κ3) is 13.7. The zero-order valence-electron chi connectivity index (χ0n) is 29.3. The van der Waals surface area contributed by atoms with Crippen molar-refractivity contribution in [2.24, 2.45) is 11.8 Å². The molecule has 0 aliphatic rings. The molecule has 0 saturated carbocycles. The van der Waals surface area contributed by atoms with Crippen molar-refractivity contribution < 1.29 is 38.6 Å². The number of imide groups is 1. The molecule has 0 spiro atoms. The second-order valence-corrected chi connectivity index (χ2v) is 13.6. The smallest absolute Gasteiger partial charge is 0.407 e. The number of rotatable bonds is 15. The molecule has 4 N–H and O–H groups in total. The van der Waals surface area contributed by atoms with Crippen molar-refractivity contribution in [3.63, 3.8) is 0 Å². The number of alkyl carbamates (subject to hydrolysis) is 1. The summed E-state index contributed by atoms with van der Waals surface area (Å²) in [6, 6.07) is 13.2. The van der Waals surface area contributed by atoms with Crippen LogP contribution in [0.2, 0.25) is 0 Å². The number of ether oxygens (including phenoxy) is 2. The Balaban J connectivity index is 2.43.